The van der Waals surface area contributed by atoms with Gasteiger partial charge in [-0.1, -0.05) is 13.3 Å². The van der Waals surface area contributed by atoms with Crippen LogP contribution in [0.5, 0.6) is 0 Å². The van der Waals surface area contributed by atoms with Crippen LogP contribution < -0.4 is 16.6 Å². The van der Waals surface area contributed by atoms with Crippen LogP contribution in [0.15, 0.2) is 6.07 Å². The van der Waals surface area contributed by atoms with Crippen LogP contribution in [0.3, 0.4) is 0 Å². The van der Waals surface area contributed by atoms with E-state index in [1.807, 2.05) is 6.92 Å². The van der Waals surface area contributed by atoms with Crippen molar-refractivity contribution in [2.24, 2.45) is 11.8 Å². The number of aliphatic hydroxyl groups is 1. The van der Waals surface area contributed by atoms with Crippen LogP contribution >= 0.6 is 0 Å². The Labute approximate surface area is 113 Å². The topological polar surface area (TPSA) is 96.1 Å². The number of hydrogen-bond acceptors (Lipinski definition) is 6. The summed E-state index contributed by atoms with van der Waals surface area (Å²) in [6.45, 7) is 2.85. The van der Waals surface area contributed by atoms with Gasteiger partial charge < -0.3 is 15.8 Å². The van der Waals surface area contributed by atoms with E-state index in [-0.39, 0.29) is 6.10 Å². The van der Waals surface area contributed by atoms with Gasteiger partial charge in [0.05, 0.1) is 6.10 Å². The number of nitrogens with one attached hydrogen (secondary N) is 2. The molecular formula is C13H23N5O. The highest BCUT2D eigenvalue weighted by Gasteiger charge is 2.19. The molecule has 0 saturated heterocycles. The van der Waals surface area contributed by atoms with Crippen LogP contribution in [0.25, 0.3) is 0 Å². The third kappa shape index (κ3) is 4.04. The van der Waals surface area contributed by atoms with Crippen molar-refractivity contribution < 1.29 is 5.11 Å². The summed E-state index contributed by atoms with van der Waals surface area (Å²) in [5, 5.41) is 13.0. The Balaban J connectivity index is 1.94. The third-order valence-corrected chi connectivity index (χ3v) is 3.56. The number of aromatic nitrogens is 2. The highest BCUT2D eigenvalue weighted by Crippen LogP contribution is 2.24. The zero-order valence-electron chi connectivity index (χ0n) is 11.4. The quantitative estimate of drug-likeness (QED) is 0.473. The van der Waals surface area contributed by atoms with E-state index in [9.17, 15) is 5.11 Å². The lowest BCUT2D eigenvalue weighted by Gasteiger charge is -2.26. The molecule has 106 valence electrons. The SMILES string of the molecule is CCc1nc(NN)cc(NCC2CCCC(O)C2)n1. The van der Waals surface area contributed by atoms with Gasteiger partial charge in [-0.25, -0.2) is 15.8 Å². The fourth-order valence-electron chi connectivity index (χ4n) is 2.52. The van der Waals surface area contributed by atoms with Crippen LogP contribution in [-0.2, 0) is 6.42 Å². The van der Waals surface area contributed by atoms with Gasteiger partial charge in [0.25, 0.3) is 0 Å². The highest BCUT2D eigenvalue weighted by atomic mass is 16.3. The van der Waals surface area contributed by atoms with E-state index in [0.29, 0.717) is 11.7 Å². The number of hydrogen-bond donors (Lipinski definition) is 4. The molecule has 6 nitrogen and oxygen atoms in total. The molecule has 0 spiro atoms. The second-order valence-electron chi connectivity index (χ2n) is 5.12. The van der Waals surface area contributed by atoms with Crippen molar-refractivity contribution in [1.29, 1.82) is 0 Å². The van der Waals surface area contributed by atoms with Gasteiger partial charge in [-0.3, -0.25) is 0 Å². The molecule has 1 aromatic heterocycles. The van der Waals surface area contributed by atoms with Gasteiger partial charge in [0.2, 0.25) is 0 Å². The predicted molar refractivity (Wildman–Crippen MR) is 75.7 cm³/mol. The first-order valence-corrected chi connectivity index (χ1v) is 6.97. The predicted octanol–water partition coefficient (Wildman–Crippen LogP) is 1.29. The van der Waals surface area contributed by atoms with Crippen molar-refractivity contribution in [1.82, 2.24) is 9.97 Å². The molecule has 2 unspecified atom stereocenters. The first-order chi connectivity index (χ1) is 9.21. The first-order valence-electron chi connectivity index (χ1n) is 6.97. The first kappa shape index (κ1) is 14.0. The van der Waals surface area contributed by atoms with Crippen LogP contribution in [0.1, 0.15) is 38.4 Å². The molecule has 0 amide bonds. The fourth-order valence-corrected chi connectivity index (χ4v) is 2.52. The van der Waals surface area contributed by atoms with Crippen LogP contribution in [-0.4, -0.2) is 27.7 Å². The maximum absolute atomic E-state index is 9.66. The Hall–Kier alpha value is -1.40. The van der Waals surface area contributed by atoms with Crippen LogP contribution in [0, 0.1) is 5.92 Å². The van der Waals surface area contributed by atoms with Gasteiger partial charge in [-0.2, -0.15) is 0 Å². The Morgan fingerprint density at radius 3 is 2.84 bits per heavy atom. The molecule has 2 rings (SSSR count). The number of nitrogen functional groups attached to an aromatic ring is 1. The van der Waals surface area contributed by atoms with Crippen molar-refractivity contribution in [2.45, 2.75) is 45.1 Å². The maximum Gasteiger partial charge on any atom is 0.145 e. The Morgan fingerprint density at radius 2 is 2.16 bits per heavy atom. The normalized spacial score (nSPS) is 23.1. The molecule has 0 aromatic carbocycles. The average Bonchev–Trinajstić information content (AvgIpc) is 2.44. The number of hydrazine groups is 1. The molecule has 2 atom stereocenters. The van der Waals surface area contributed by atoms with Gasteiger partial charge in [0, 0.05) is 19.0 Å². The van der Waals surface area contributed by atoms with Crippen molar-refractivity contribution in [2.75, 3.05) is 17.3 Å². The summed E-state index contributed by atoms with van der Waals surface area (Å²) < 4.78 is 0. The lowest BCUT2D eigenvalue weighted by molar-refractivity contribution is 0.104. The van der Waals surface area contributed by atoms with E-state index in [0.717, 1.165) is 50.3 Å². The highest BCUT2D eigenvalue weighted by molar-refractivity contribution is 5.46. The summed E-state index contributed by atoms with van der Waals surface area (Å²) in [5.74, 6) is 8.09. The molecule has 1 aromatic rings. The molecule has 1 saturated carbocycles. The molecular weight excluding hydrogens is 242 g/mol. The standard InChI is InChI=1S/C13H23N5O/c1-2-11-16-12(7-13(17-11)18-14)15-8-9-4-3-5-10(19)6-9/h7,9-10,19H,2-6,8,14H2,1H3,(H2,15,16,17,18). The van der Waals surface area contributed by atoms with E-state index in [1.165, 1.54) is 0 Å². The largest absolute Gasteiger partial charge is 0.393 e. The molecule has 1 aliphatic rings. The van der Waals surface area contributed by atoms with E-state index >= 15 is 0 Å². The summed E-state index contributed by atoms with van der Waals surface area (Å²) in [4.78, 5) is 8.67. The van der Waals surface area contributed by atoms with E-state index < -0.39 is 0 Å². The van der Waals surface area contributed by atoms with Crippen molar-refractivity contribution in [3.63, 3.8) is 0 Å². The number of anilines is 2. The van der Waals surface area contributed by atoms with Crippen molar-refractivity contribution in [3.8, 4) is 0 Å². The average molecular weight is 265 g/mol. The Morgan fingerprint density at radius 1 is 1.37 bits per heavy atom. The minimum atomic E-state index is -0.140. The zero-order valence-corrected chi connectivity index (χ0v) is 11.4. The van der Waals surface area contributed by atoms with E-state index in [1.54, 1.807) is 6.07 Å². The summed E-state index contributed by atoms with van der Waals surface area (Å²) in [6, 6.07) is 1.80. The number of aryl methyl sites for hydroxylation is 1. The zero-order chi connectivity index (χ0) is 13.7. The monoisotopic (exact) mass is 265 g/mol. The smallest absolute Gasteiger partial charge is 0.145 e. The summed E-state index contributed by atoms with van der Waals surface area (Å²) in [7, 11) is 0. The van der Waals surface area contributed by atoms with E-state index in [4.69, 9.17) is 5.84 Å². The van der Waals surface area contributed by atoms with E-state index in [2.05, 4.69) is 20.7 Å². The van der Waals surface area contributed by atoms with Gasteiger partial charge in [0.15, 0.2) is 0 Å². The summed E-state index contributed by atoms with van der Waals surface area (Å²) >= 11 is 0. The lowest BCUT2D eigenvalue weighted by atomic mass is 9.87. The fraction of sp³-hybridized carbons (Fsp3) is 0.692. The van der Waals surface area contributed by atoms with Crippen LogP contribution in [0.2, 0.25) is 0 Å². The van der Waals surface area contributed by atoms with Crippen molar-refractivity contribution in [3.05, 3.63) is 11.9 Å². The molecule has 0 aliphatic heterocycles. The molecule has 1 fully saturated rings. The molecule has 0 bridgehead atoms. The summed E-state index contributed by atoms with van der Waals surface area (Å²) in [6.07, 6.45) is 4.71. The minimum Gasteiger partial charge on any atom is -0.393 e. The van der Waals surface area contributed by atoms with Gasteiger partial charge >= 0.3 is 0 Å². The van der Waals surface area contributed by atoms with Crippen molar-refractivity contribution >= 4 is 11.6 Å². The number of nitrogens with two attached hydrogens (primary N) is 1. The lowest BCUT2D eigenvalue weighted by Crippen LogP contribution is -2.25. The number of aliphatic hydroxyl groups excluding tert-OH is 1. The third-order valence-electron chi connectivity index (χ3n) is 3.56. The van der Waals surface area contributed by atoms with Crippen LogP contribution in [0.4, 0.5) is 11.6 Å². The van der Waals surface area contributed by atoms with Gasteiger partial charge in [-0.15, -0.1) is 0 Å². The molecule has 1 heterocycles. The molecule has 19 heavy (non-hydrogen) atoms. The van der Waals surface area contributed by atoms with Gasteiger partial charge in [-0.05, 0) is 25.2 Å². The molecule has 5 N–H and O–H groups in total. The Kier molecular flexibility index (Phi) is 4.93. The second kappa shape index (κ2) is 6.68. The number of nitrogens with zero attached hydrogens (tertiary/aromatic N) is 2. The summed E-state index contributed by atoms with van der Waals surface area (Å²) in [5.41, 5.74) is 2.56. The molecule has 1 aliphatic carbocycles. The maximum atomic E-state index is 9.66. The Bertz CT molecular complexity index is 390. The minimum absolute atomic E-state index is 0.140. The molecule has 0 radical (unpaired) electrons. The molecule has 6 heteroatoms. The number of rotatable bonds is 5. The second-order valence-corrected chi connectivity index (χ2v) is 5.12. The van der Waals surface area contributed by atoms with Gasteiger partial charge in [0.1, 0.15) is 17.5 Å².